The van der Waals surface area contributed by atoms with E-state index in [0.717, 1.165) is 25.0 Å². The molecule has 0 radical (unpaired) electrons. The van der Waals surface area contributed by atoms with Gasteiger partial charge in [-0.25, -0.2) is 18.4 Å². The number of aliphatic carboxylic acids is 1. The normalized spacial score (nSPS) is 13.9. The summed E-state index contributed by atoms with van der Waals surface area (Å²) in [4.78, 5) is 37.5. The van der Waals surface area contributed by atoms with Crippen LogP contribution in [0.1, 0.15) is 59.5 Å². The molecule has 4 rings (SSSR count). The highest BCUT2D eigenvalue weighted by Gasteiger charge is 2.39. The number of carbonyl (C=O) groups excluding carboxylic acids is 2. The van der Waals surface area contributed by atoms with Gasteiger partial charge in [-0.05, 0) is 66.3 Å². The molecule has 0 unspecified atom stereocenters. The molecule has 11 heteroatoms. The summed E-state index contributed by atoms with van der Waals surface area (Å²) in [6.07, 6.45) is 5.76. The van der Waals surface area contributed by atoms with Crippen molar-refractivity contribution in [2.75, 3.05) is 16.8 Å². The lowest BCUT2D eigenvalue weighted by atomic mass is 9.84. The van der Waals surface area contributed by atoms with E-state index >= 15 is 0 Å². The third kappa shape index (κ3) is 7.84. The topological polar surface area (TPSA) is 98.7 Å². The number of carboxylic acid groups (broad SMARTS) is 1. The van der Waals surface area contributed by atoms with E-state index in [4.69, 9.17) is 5.11 Å². The number of rotatable bonds is 9. The lowest BCUT2D eigenvalue weighted by Crippen LogP contribution is -2.42. The molecule has 0 bridgehead atoms. The van der Waals surface area contributed by atoms with Crippen LogP contribution in [0.3, 0.4) is 0 Å². The van der Waals surface area contributed by atoms with E-state index in [-0.39, 0.29) is 17.8 Å². The summed E-state index contributed by atoms with van der Waals surface area (Å²) in [5, 5.41) is 12.9. The molecular formula is C30H29F4N3O4. The standard InChI is InChI=1S/C30H29F4N3O4/c31-23-14-24(32)16-25(15-23)36-29(41)37(26-12-10-21(11-13-26)20-4-2-1-3-5-20)17-19-6-8-22(9-7-19)27(38)35-18-30(33,34)28(39)40/h6-16,20H,1-5,17-18H2,(H,35,38)(H,36,41)(H,39,40). The van der Waals surface area contributed by atoms with E-state index in [0.29, 0.717) is 23.2 Å². The van der Waals surface area contributed by atoms with Crippen molar-refractivity contribution in [3.8, 4) is 0 Å². The van der Waals surface area contributed by atoms with Crippen LogP contribution < -0.4 is 15.5 Å². The Labute approximate surface area is 234 Å². The Morgan fingerprint density at radius 1 is 0.878 bits per heavy atom. The predicted molar refractivity (Wildman–Crippen MR) is 145 cm³/mol. The zero-order valence-corrected chi connectivity index (χ0v) is 22.0. The molecule has 3 aromatic carbocycles. The highest BCUT2D eigenvalue weighted by atomic mass is 19.3. The SMILES string of the molecule is O=C(NCC(F)(F)C(=O)O)c1ccc(CN(C(=O)Nc2cc(F)cc(F)c2)c2ccc(C3CCCCC3)cc2)cc1. The molecule has 0 saturated heterocycles. The van der Waals surface area contributed by atoms with Crippen LogP contribution in [0.4, 0.5) is 33.7 Å². The molecule has 7 nitrogen and oxygen atoms in total. The first-order valence-corrected chi connectivity index (χ1v) is 13.1. The van der Waals surface area contributed by atoms with Crippen molar-refractivity contribution in [3.05, 3.63) is 95.1 Å². The van der Waals surface area contributed by atoms with Crippen molar-refractivity contribution in [1.29, 1.82) is 0 Å². The van der Waals surface area contributed by atoms with E-state index < -0.39 is 42.0 Å². The van der Waals surface area contributed by atoms with E-state index in [2.05, 4.69) is 5.32 Å². The van der Waals surface area contributed by atoms with Gasteiger partial charge in [0.05, 0.1) is 13.1 Å². The number of urea groups is 1. The minimum atomic E-state index is -4.11. The monoisotopic (exact) mass is 571 g/mol. The zero-order chi connectivity index (χ0) is 29.6. The van der Waals surface area contributed by atoms with Gasteiger partial charge in [0.1, 0.15) is 11.6 Å². The third-order valence-corrected chi connectivity index (χ3v) is 6.98. The molecule has 0 spiro atoms. The molecule has 3 amide bonds. The summed E-state index contributed by atoms with van der Waals surface area (Å²) in [6, 6.07) is 15.3. The van der Waals surface area contributed by atoms with Gasteiger partial charge >= 0.3 is 17.9 Å². The van der Waals surface area contributed by atoms with Crippen LogP contribution >= 0.6 is 0 Å². The fourth-order valence-electron chi connectivity index (χ4n) is 4.77. The maximum atomic E-state index is 13.7. The number of nitrogens with one attached hydrogen (secondary N) is 2. The van der Waals surface area contributed by atoms with E-state index in [1.807, 2.05) is 17.4 Å². The van der Waals surface area contributed by atoms with Gasteiger partial charge in [-0.15, -0.1) is 0 Å². The van der Waals surface area contributed by atoms with Crippen molar-refractivity contribution < 1.29 is 37.1 Å². The van der Waals surface area contributed by atoms with Crippen LogP contribution in [0.2, 0.25) is 0 Å². The molecule has 0 aromatic heterocycles. The fraction of sp³-hybridized carbons (Fsp3) is 0.300. The van der Waals surface area contributed by atoms with Gasteiger partial charge in [0.2, 0.25) is 0 Å². The Bertz CT molecular complexity index is 1370. The average Bonchev–Trinajstić information content (AvgIpc) is 2.95. The molecule has 41 heavy (non-hydrogen) atoms. The summed E-state index contributed by atoms with van der Waals surface area (Å²) in [5.74, 6) is -8.60. The number of carboxylic acids is 1. The lowest BCUT2D eigenvalue weighted by Gasteiger charge is -2.26. The van der Waals surface area contributed by atoms with Crippen LogP contribution in [-0.4, -0.2) is 35.5 Å². The van der Waals surface area contributed by atoms with Gasteiger partial charge in [0.25, 0.3) is 5.91 Å². The largest absolute Gasteiger partial charge is 0.477 e. The summed E-state index contributed by atoms with van der Waals surface area (Å²) < 4.78 is 54.0. The Hall–Kier alpha value is -4.41. The van der Waals surface area contributed by atoms with Crippen LogP contribution in [0.5, 0.6) is 0 Å². The second-order valence-electron chi connectivity index (χ2n) is 9.99. The number of anilines is 2. The minimum Gasteiger partial charge on any atom is -0.477 e. The summed E-state index contributed by atoms with van der Waals surface area (Å²) in [6.45, 7) is -1.36. The van der Waals surface area contributed by atoms with Gasteiger partial charge in [-0.1, -0.05) is 43.5 Å². The smallest absolute Gasteiger partial charge is 0.376 e. The summed E-state index contributed by atoms with van der Waals surface area (Å²) in [7, 11) is 0. The molecule has 1 aliphatic carbocycles. The van der Waals surface area contributed by atoms with Crippen molar-refractivity contribution >= 4 is 29.3 Å². The maximum Gasteiger partial charge on any atom is 0.376 e. The third-order valence-electron chi connectivity index (χ3n) is 6.98. The van der Waals surface area contributed by atoms with Crippen LogP contribution in [-0.2, 0) is 11.3 Å². The highest BCUT2D eigenvalue weighted by molar-refractivity contribution is 6.01. The van der Waals surface area contributed by atoms with Crippen molar-refractivity contribution in [1.82, 2.24) is 5.32 Å². The van der Waals surface area contributed by atoms with Crippen molar-refractivity contribution in [3.63, 3.8) is 0 Å². The van der Waals surface area contributed by atoms with E-state index in [1.165, 1.54) is 54.0 Å². The van der Waals surface area contributed by atoms with Crippen molar-refractivity contribution in [2.24, 2.45) is 0 Å². The first kappa shape index (κ1) is 29.6. The number of carbonyl (C=O) groups is 3. The fourth-order valence-corrected chi connectivity index (χ4v) is 4.77. The molecule has 1 fully saturated rings. The summed E-state index contributed by atoms with van der Waals surface area (Å²) >= 11 is 0. The van der Waals surface area contributed by atoms with Crippen molar-refractivity contribution in [2.45, 2.75) is 50.5 Å². The Kier molecular flexibility index (Phi) is 9.26. The number of nitrogens with zero attached hydrogens (tertiary/aromatic N) is 1. The zero-order valence-electron chi connectivity index (χ0n) is 22.0. The lowest BCUT2D eigenvalue weighted by molar-refractivity contribution is -0.163. The van der Waals surface area contributed by atoms with E-state index in [1.54, 1.807) is 12.1 Å². The van der Waals surface area contributed by atoms with E-state index in [9.17, 15) is 31.9 Å². The molecule has 3 N–H and O–H groups in total. The van der Waals surface area contributed by atoms with Gasteiger partial charge in [-0.2, -0.15) is 8.78 Å². The molecular weight excluding hydrogens is 542 g/mol. The predicted octanol–water partition coefficient (Wildman–Crippen LogP) is 6.70. The van der Waals surface area contributed by atoms with Crippen LogP contribution in [0.15, 0.2) is 66.7 Å². The van der Waals surface area contributed by atoms with Gasteiger partial charge < -0.3 is 15.7 Å². The molecule has 1 aliphatic rings. The number of amides is 3. The quantitative estimate of drug-likeness (QED) is 0.249. The average molecular weight is 572 g/mol. The molecule has 3 aromatic rings. The number of benzene rings is 3. The number of alkyl halides is 2. The maximum absolute atomic E-state index is 13.7. The molecule has 1 saturated carbocycles. The molecule has 0 atom stereocenters. The first-order valence-electron chi connectivity index (χ1n) is 13.1. The van der Waals surface area contributed by atoms with Gasteiger partial charge in [0, 0.05) is 23.0 Å². The molecule has 0 aliphatic heterocycles. The minimum absolute atomic E-state index is 0.00535. The Morgan fingerprint density at radius 3 is 2.07 bits per heavy atom. The van der Waals surface area contributed by atoms with Gasteiger partial charge in [0.15, 0.2) is 0 Å². The number of hydrogen-bond donors (Lipinski definition) is 3. The summed E-state index contributed by atoms with van der Waals surface area (Å²) in [5.41, 5.74) is 2.20. The molecule has 216 valence electrons. The van der Waals surface area contributed by atoms with Crippen LogP contribution in [0.25, 0.3) is 0 Å². The Balaban J connectivity index is 1.53. The molecule has 0 heterocycles. The first-order chi connectivity index (χ1) is 19.5. The highest BCUT2D eigenvalue weighted by Crippen LogP contribution is 2.33. The second-order valence-corrected chi connectivity index (χ2v) is 9.99. The second kappa shape index (κ2) is 12.8. The Morgan fingerprint density at radius 2 is 1.49 bits per heavy atom. The number of hydrogen-bond acceptors (Lipinski definition) is 3. The number of halogens is 4. The van der Waals surface area contributed by atoms with Gasteiger partial charge in [-0.3, -0.25) is 9.69 Å². The van der Waals surface area contributed by atoms with Crippen LogP contribution in [0, 0.1) is 11.6 Å².